The van der Waals surface area contributed by atoms with E-state index >= 15 is 4.39 Å². The Morgan fingerprint density at radius 2 is 2.03 bits per heavy atom. The zero-order valence-electron chi connectivity index (χ0n) is 18.5. The molecule has 1 unspecified atom stereocenters. The van der Waals surface area contributed by atoms with E-state index in [1.807, 2.05) is 11.1 Å². The first-order valence-electron chi connectivity index (χ1n) is 10.6. The van der Waals surface area contributed by atoms with E-state index < -0.39 is 5.82 Å². The number of nitrogen functional groups attached to an aromatic ring is 1. The number of halogens is 1. The number of benzene rings is 1. The van der Waals surface area contributed by atoms with Crippen molar-refractivity contribution in [2.24, 2.45) is 5.92 Å². The first-order valence-corrected chi connectivity index (χ1v) is 10.6. The van der Waals surface area contributed by atoms with Gasteiger partial charge in [-0.1, -0.05) is 0 Å². The number of ketones is 1. The third kappa shape index (κ3) is 4.27. The number of aromatic nitrogens is 2. The van der Waals surface area contributed by atoms with E-state index in [9.17, 15) is 4.79 Å². The Morgan fingerprint density at radius 1 is 1.25 bits per heavy atom. The molecule has 0 spiro atoms. The summed E-state index contributed by atoms with van der Waals surface area (Å²) in [6.07, 6.45) is 5.48. The Balaban J connectivity index is 1.63. The van der Waals surface area contributed by atoms with Crippen molar-refractivity contribution >= 4 is 28.5 Å². The monoisotopic (exact) mass is 445 g/mol. The number of carbonyl (C=O) groups excluding carboxylic acids is 1. The molecule has 4 rings (SSSR count). The predicted molar refractivity (Wildman–Crippen MR) is 118 cm³/mol. The quantitative estimate of drug-likeness (QED) is 0.611. The maximum atomic E-state index is 15.2. The topological polar surface area (TPSA) is 103 Å². The van der Waals surface area contributed by atoms with E-state index in [2.05, 4.69) is 14.9 Å². The molecule has 1 aromatic heterocycles. The number of methoxy groups -OCH3 is 3. The van der Waals surface area contributed by atoms with E-state index in [1.165, 1.54) is 14.2 Å². The summed E-state index contributed by atoms with van der Waals surface area (Å²) in [5.41, 5.74) is 6.25. The van der Waals surface area contributed by atoms with Crippen molar-refractivity contribution in [3.8, 4) is 11.5 Å². The highest BCUT2D eigenvalue weighted by molar-refractivity contribution is 5.93. The maximum Gasteiger partial charge on any atom is 0.228 e. The molecule has 172 valence electrons. The number of fused-ring (bicyclic) bond motifs is 1. The minimum absolute atomic E-state index is 0.0345. The number of ether oxygens (including phenoxy) is 3. The number of nitrogens with two attached hydrogens (primary N) is 1. The zero-order chi connectivity index (χ0) is 22.8. The van der Waals surface area contributed by atoms with Crippen LogP contribution in [0, 0.1) is 11.7 Å². The van der Waals surface area contributed by atoms with Crippen molar-refractivity contribution < 1.29 is 23.4 Å². The molecule has 1 saturated carbocycles. The van der Waals surface area contributed by atoms with Gasteiger partial charge in [-0.2, -0.15) is 4.98 Å². The van der Waals surface area contributed by atoms with E-state index in [-0.39, 0.29) is 40.6 Å². The van der Waals surface area contributed by atoms with E-state index in [4.69, 9.17) is 19.9 Å². The molecule has 2 fully saturated rings. The van der Waals surface area contributed by atoms with Crippen LogP contribution < -0.4 is 20.1 Å². The van der Waals surface area contributed by atoms with Crippen LogP contribution in [0.25, 0.3) is 10.9 Å². The lowest BCUT2D eigenvalue weighted by atomic mass is 10.1. The normalized spacial score (nSPS) is 19.1. The fourth-order valence-corrected chi connectivity index (χ4v) is 3.96. The summed E-state index contributed by atoms with van der Waals surface area (Å²) in [6.45, 7) is 2.24. The second-order valence-corrected chi connectivity index (χ2v) is 8.02. The van der Waals surface area contributed by atoms with Gasteiger partial charge in [0.15, 0.2) is 23.1 Å². The van der Waals surface area contributed by atoms with E-state index in [0.29, 0.717) is 37.6 Å². The number of hydrogen-bond acceptors (Lipinski definition) is 9. The lowest BCUT2D eigenvalue weighted by molar-refractivity contribution is -0.115. The van der Waals surface area contributed by atoms with Crippen molar-refractivity contribution in [2.75, 3.05) is 58.2 Å². The molecule has 0 bridgehead atoms. The Bertz CT molecular complexity index is 1040. The van der Waals surface area contributed by atoms with Gasteiger partial charge in [0.25, 0.3) is 0 Å². The third-order valence-corrected chi connectivity index (χ3v) is 5.85. The van der Waals surface area contributed by atoms with Crippen molar-refractivity contribution in [1.29, 1.82) is 0 Å². The molecule has 1 aliphatic carbocycles. The van der Waals surface area contributed by atoms with Gasteiger partial charge in [-0.3, -0.25) is 4.79 Å². The van der Waals surface area contributed by atoms with Crippen LogP contribution in [0.3, 0.4) is 0 Å². The Morgan fingerprint density at radius 3 is 2.69 bits per heavy atom. The number of hydrogen-bond donors (Lipinski definition) is 1. The molecule has 2 heterocycles. The molecule has 10 heteroatoms. The van der Waals surface area contributed by atoms with Gasteiger partial charge in [-0.25, -0.2) is 9.37 Å². The molecule has 2 aliphatic rings. The van der Waals surface area contributed by atoms with Gasteiger partial charge in [0, 0.05) is 44.2 Å². The standard InChI is InChI=1S/C22H28FN5O4/c1-30-12-14-11-27(7-6-16(29)13-4-5-13)8-9-28(14)22-25-19-15(21(24)26-22)10-17(31-2)20(32-3)18(19)23/h6-7,10,13-14H,4-5,8-9,11-12H2,1-3H3,(H2,24,25,26)/b7-6+. The molecule has 0 radical (unpaired) electrons. The molecule has 2 N–H and O–H groups in total. The minimum atomic E-state index is -0.652. The summed E-state index contributed by atoms with van der Waals surface area (Å²) in [4.78, 5) is 25.0. The molecular weight excluding hydrogens is 417 g/mol. The third-order valence-electron chi connectivity index (χ3n) is 5.85. The summed E-state index contributed by atoms with van der Waals surface area (Å²) in [7, 11) is 4.42. The highest BCUT2D eigenvalue weighted by atomic mass is 19.1. The van der Waals surface area contributed by atoms with Crippen LogP contribution in [0.15, 0.2) is 18.3 Å². The van der Waals surface area contributed by atoms with Crippen molar-refractivity contribution in [3.63, 3.8) is 0 Å². The molecule has 9 nitrogen and oxygen atoms in total. The molecule has 2 aromatic rings. The fourth-order valence-electron chi connectivity index (χ4n) is 3.96. The summed E-state index contributed by atoms with van der Waals surface area (Å²) < 4.78 is 30.9. The van der Waals surface area contributed by atoms with Crippen LogP contribution in [0.4, 0.5) is 16.2 Å². The SMILES string of the molecule is COCC1CN(/C=C/C(=O)C2CC2)CCN1c1nc(N)c2cc(OC)c(OC)c(F)c2n1. The molecule has 1 aromatic carbocycles. The second-order valence-electron chi connectivity index (χ2n) is 8.02. The van der Waals surface area contributed by atoms with Gasteiger partial charge in [-0.15, -0.1) is 0 Å². The van der Waals surface area contributed by atoms with Gasteiger partial charge in [0.1, 0.15) is 11.3 Å². The first-order chi connectivity index (χ1) is 15.5. The highest BCUT2D eigenvalue weighted by Crippen LogP contribution is 2.38. The van der Waals surface area contributed by atoms with Crippen LogP contribution in [0.5, 0.6) is 11.5 Å². The van der Waals surface area contributed by atoms with Gasteiger partial charge in [0.2, 0.25) is 5.95 Å². The molecule has 1 aliphatic heterocycles. The van der Waals surface area contributed by atoms with Crippen LogP contribution in [0.1, 0.15) is 12.8 Å². The first kappa shape index (κ1) is 22.1. The maximum absolute atomic E-state index is 15.2. The van der Waals surface area contributed by atoms with Gasteiger partial charge in [0.05, 0.1) is 26.9 Å². The smallest absolute Gasteiger partial charge is 0.228 e. The van der Waals surface area contributed by atoms with Gasteiger partial charge >= 0.3 is 0 Å². The predicted octanol–water partition coefficient (Wildman–Crippen LogP) is 2.00. The highest BCUT2D eigenvalue weighted by Gasteiger charge is 2.31. The second kappa shape index (κ2) is 9.15. The molecule has 32 heavy (non-hydrogen) atoms. The Kier molecular flexibility index (Phi) is 6.31. The lowest BCUT2D eigenvalue weighted by Gasteiger charge is -2.40. The fraction of sp³-hybridized carbons (Fsp3) is 0.500. The minimum Gasteiger partial charge on any atom is -0.493 e. The average Bonchev–Trinajstić information content (AvgIpc) is 3.63. The number of rotatable bonds is 8. The van der Waals surface area contributed by atoms with Crippen LogP contribution in [-0.2, 0) is 9.53 Å². The number of piperazine rings is 1. The van der Waals surface area contributed by atoms with Crippen molar-refractivity contribution in [1.82, 2.24) is 14.9 Å². The molecule has 1 atom stereocenters. The zero-order valence-corrected chi connectivity index (χ0v) is 18.5. The Labute approximate surface area is 185 Å². The molecule has 0 amide bonds. The number of carbonyl (C=O) groups is 1. The number of anilines is 2. The largest absolute Gasteiger partial charge is 0.493 e. The average molecular weight is 445 g/mol. The van der Waals surface area contributed by atoms with E-state index in [1.54, 1.807) is 19.3 Å². The van der Waals surface area contributed by atoms with E-state index in [0.717, 1.165) is 12.8 Å². The molecule has 1 saturated heterocycles. The number of allylic oxidation sites excluding steroid dienone is 1. The number of nitrogens with zero attached hydrogens (tertiary/aromatic N) is 4. The summed E-state index contributed by atoms with van der Waals surface area (Å²) in [5, 5.41) is 0.354. The van der Waals surface area contributed by atoms with Crippen molar-refractivity contribution in [2.45, 2.75) is 18.9 Å². The summed E-state index contributed by atoms with van der Waals surface area (Å²) in [5.74, 6) is 0.384. The Hall–Kier alpha value is -3.14. The van der Waals surface area contributed by atoms with Gasteiger partial charge < -0.3 is 29.7 Å². The van der Waals surface area contributed by atoms with Crippen LogP contribution in [0.2, 0.25) is 0 Å². The summed E-state index contributed by atoms with van der Waals surface area (Å²) in [6, 6.07) is 1.47. The van der Waals surface area contributed by atoms with Crippen LogP contribution in [-0.4, -0.2) is 74.3 Å². The van der Waals surface area contributed by atoms with Crippen molar-refractivity contribution in [3.05, 3.63) is 24.2 Å². The lowest BCUT2D eigenvalue weighted by Crippen LogP contribution is -2.54. The van der Waals surface area contributed by atoms with Crippen LogP contribution >= 0.6 is 0 Å². The summed E-state index contributed by atoms with van der Waals surface area (Å²) >= 11 is 0. The molecular formula is C22H28FN5O4. The van der Waals surface area contributed by atoms with Gasteiger partial charge in [-0.05, 0) is 25.0 Å².